The summed E-state index contributed by atoms with van der Waals surface area (Å²) in [6.07, 6.45) is 11.3. The predicted octanol–water partition coefficient (Wildman–Crippen LogP) is 5.12. The highest BCUT2D eigenvalue weighted by molar-refractivity contribution is 5.67. The Hall–Kier alpha value is -0.570. The normalized spacial score (nSPS) is 51.8. The highest BCUT2D eigenvalue weighted by Crippen LogP contribution is 2.68. The molecule has 4 fully saturated rings. The molecule has 26 heavy (non-hydrogen) atoms. The van der Waals surface area contributed by atoms with Crippen molar-refractivity contribution in [3.05, 3.63) is 0 Å². The van der Waals surface area contributed by atoms with Crippen molar-refractivity contribution in [1.29, 1.82) is 0 Å². The fraction of sp³-hybridized carbons (Fsp3) is 0.957. The van der Waals surface area contributed by atoms with Crippen LogP contribution in [-0.2, 0) is 4.79 Å². The smallest absolute Gasteiger partial charge is 0.303 e. The second-order valence-corrected chi connectivity index (χ2v) is 10.9. The monoisotopic (exact) mass is 362 g/mol. The number of aliphatic carboxylic acids is 1. The maximum absolute atomic E-state index is 11.3. The zero-order chi connectivity index (χ0) is 18.7. The van der Waals surface area contributed by atoms with Crippen LogP contribution in [-0.4, -0.2) is 22.3 Å². The Labute approximate surface area is 158 Å². The third kappa shape index (κ3) is 2.75. The number of hydrogen-bond acceptors (Lipinski definition) is 2. The van der Waals surface area contributed by atoms with Crippen LogP contribution in [0.25, 0.3) is 0 Å². The van der Waals surface area contributed by atoms with Crippen molar-refractivity contribution < 1.29 is 15.0 Å². The van der Waals surface area contributed by atoms with E-state index in [1.807, 2.05) is 0 Å². The Morgan fingerprint density at radius 1 is 1.00 bits per heavy atom. The van der Waals surface area contributed by atoms with E-state index in [9.17, 15) is 15.0 Å². The van der Waals surface area contributed by atoms with Crippen LogP contribution in [0.4, 0.5) is 0 Å². The average Bonchev–Trinajstić information content (AvgIpc) is 2.92. The minimum absolute atomic E-state index is 0.0637. The van der Waals surface area contributed by atoms with E-state index in [2.05, 4.69) is 20.8 Å². The molecule has 4 rings (SSSR count). The lowest BCUT2D eigenvalue weighted by Gasteiger charge is -2.61. The van der Waals surface area contributed by atoms with Gasteiger partial charge in [0.15, 0.2) is 0 Å². The van der Waals surface area contributed by atoms with Crippen LogP contribution < -0.4 is 0 Å². The molecule has 0 radical (unpaired) electrons. The molecule has 2 N–H and O–H groups in total. The summed E-state index contributed by atoms with van der Waals surface area (Å²) in [4.78, 5) is 11.3. The molecule has 0 aromatic rings. The summed E-state index contributed by atoms with van der Waals surface area (Å²) in [6, 6.07) is 0. The number of fused-ring (bicyclic) bond motifs is 5. The number of carbonyl (C=O) groups is 1. The van der Waals surface area contributed by atoms with Crippen molar-refractivity contribution >= 4 is 5.97 Å². The van der Waals surface area contributed by atoms with E-state index >= 15 is 0 Å². The lowest BCUT2D eigenvalue weighted by Crippen LogP contribution is -2.54. The molecule has 0 spiro atoms. The number of carboxylic acid groups (broad SMARTS) is 1. The molecule has 0 aromatic heterocycles. The molecule has 0 aliphatic heterocycles. The molecule has 3 heteroatoms. The fourth-order valence-electron chi connectivity index (χ4n) is 8.63. The van der Waals surface area contributed by atoms with E-state index in [1.165, 1.54) is 44.9 Å². The number of rotatable bonds is 3. The van der Waals surface area contributed by atoms with Crippen LogP contribution in [0.2, 0.25) is 0 Å². The van der Waals surface area contributed by atoms with Crippen LogP contribution >= 0.6 is 0 Å². The van der Waals surface area contributed by atoms with Crippen molar-refractivity contribution in [2.75, 3.05) is 0 Å². The first-order valence-electron chi connectivity index (χ1n) is 11.2. The minimum Gasteiger partial charge on any atom is -0.481 e. The minimum atomic E-state index is -0.632. The van der Waals surface area contributed by atoms with Crippen LogP contribution in [0.1, 0.15) is 85.0 Å². The molecule has 9 atom stereocenters. The van der Waals surface area contributed by atoms with Crippen LogP contribution in [0, 0.1) is 46.3 Å². The SMILES string of the molecule is CC(CC(=O)O)C1CCC2[C@@H]3CC[C@@H]4C[C@H](O)CC[C@]4(C)C3CC[C@]12C. The predicted molar refractivity (Wildman–Crippen MR) is 103 cm³/mol. The van der Waals surface area contributed by atoms with Gasteiger partial charge in [-0.05, 0) is 104 Å². The second kappa shape index (κ2) is 6.50. The van der Waals surface area contributed by atoms with Gasteiger partial charge in [0.2, 0.25) is 0 Å². The van der Waals surface area contributed by atoms with E-state index in [-0.39, 0.29) is 6.10 Å². The molecular formula is C23H38O3. The summed E-state index contributed by atoms with van der Waals surface area (Å²) >= 11 is 0. The van der Waals surface area contributed by atoms with Crippen LogP contribution in [0.15, 0.2) is 0 Å². The van der Waals surface area contributed by atoms with Gasteiger partial charge >= 0.3 is 5.97 Å². The third-order valence-corrected chi connectivity index (χ3v) is 9.89. The number of carboxylic acids is 1. The highest BCUT2D eigenvalue weighted by Gasteiger charge is 2.60. The third-order valence-electron chi connectivity index (χ3n) is 9.89. The Balaban J connectivity index is 1.55. The van der Waals surface area contributed by atoms with Gasteiger partial charge in [-0.1, -0.05) is 20.8 Å². The number of aliphatic hydroxyl groups excluding tert-OH is 1. The van der Waals surface area contributed by atoms with Gasteiger partial charge in [0.1, 0.15) is 0 Å². The summed E-state index contributed by atoms with van der Waals surface area (Å²) in [5.41, 5.74) is 0.793. The van der Waals surface area contributed by atoms with Crippen LogP contribution in [0.5, 0.6) is 0 Å². The molecule has 3 nitrogen and oxygen atoms in total. The second-order valence-electron chi connectivity index (χ2n) is 10.9. The first kappa shape index (κ1) is 18.8. The average molecular weight is 363 g/mol. The Bertz CT molecular complexity index is 560. The largest absolute Gasteiger partial charge is 0.481 e. The van der Waals surface area contributed by atoms with Gasteiger partial charge in [0, 0.05) is 6.42 Å². The topological polar surface area (TPSA) is 57.5 Å². The van der Waals surface area contributed by atoms with E-state index < -0.39 is 5.97 Å². The Kier molecular flexibility index (Phi) is 4.69. The van der Waals surface area contributed by atoms with Crippen molar-refractivity contribution in [1.82, 2.24) is 0 Å². The van der Waals surface area contributed by atoms with E-state index in [1.54, 1.807) is 0 Å². The summed E-state index contributed by atoms with van der Waals surface area (Å²) < 4.78 is 0. The first-order chi connectivity index (χ1) is 12.3. The molecule has 0 saturated heterocycles. The van der Waals surface area contributed by atoms with Crippen molar-refractivity contribution in [3.8, 4) is 0 Å². The lowest BCUT2D eigenvalue weighted by atomic mass is 9.44. The standard InChI is InChI=1S/C23H38O3/c1-14(12-21(25)26)18-6-7-19-17-5-4-15-13-16(24)8-10-22(15,2)20(17)9-11-23(18,19)3/h14-20,24H,4-13H2,1-3H3,(H,25,26)/t14?,15-,16-,17+,18?,19?,20?,22+,23-/m1/s1. The summed E-state index contributed by atoms with van der Waals surface area (Å²) in [5, 5.41) is 19.4. The Morgan fingerprint density at radius 2 is 1.69 bits per heavy atom. The zero-order valence-corrected chi connectivity index (χ0v) is 16.9. The molecule has 0 bridgehead atoms. The molecule has 4 saturated carbocycles. The maximum atomic E-state index is 11.3. The van der Waals surface area contributed by atoms with E-state index in [4.69, 9.17) is 0 Å². The Morgan fingerprint density at radius 3 is 2.42 bits per heavy atom. The molecular weight excluding hydrogens is 324 g/mol. The lowest BCUT2D eigenvalue weighted by molar-refractivity contribution is -0.141. The van der Waals surface area contributed by atoms with E-state index in [0.717, 1.165) is 36.5 Å². The van der Waals surface area contributed by atoms with Gasteiger partial charge in [0.25, 0.3) is 0 Å². The highest BCUT2D eigenvalue weighted by atomic mass is 16.4. The first-order valence-corrected chi connectivity index (χ1v) is 11.2. The molecule has 0 aromatic carbocycles. The zero-order valence-electron chi connectivity index (χ0n) is 16.9. The maximum Gasteiger partial charge on any atom is 0.303 e. The summed E-state index contributed by atoms with van der Waals surface area (Å²) in [6.45, 7) is 7.23. The van der Waals surface area contributed by atoms with Crippen molar-refractivity contribution in [3.63, 3.8) is 0 Å². The molecule has 4 unspecified atom stereocenters. The number of hydrogen-bond donors (Lipinski definition) is 2. The fourth-order valence-corrected chi connectivity index (χ4v) is 8.63. The van der Waals surface area contributed by atoms with Crippen molar-refractivity contribution in [2.45, 2.75) is 91.1 Å². The van der Waals surface area contributed by atoms with Gasteiger partial charge in [-0.25, -0.2) is 0 Å². The molecule has 148 valence electrons. The summed E-state index contributed by atoms with van der Waals surface area (Å²) in [7, 11) is 0. The summed E-state index contributed by atoms with van der Waals surface area (Å²) in [5.74, 6) is 3.45. The molecule has 0 heterocycles. The van der Waals surface area contributed by atoms with Gasteiger partial charge in [-0.2, -0.15) is 0 Å². The van der Waals surface area contributed by atoms with E-state index in [0.29, 0.717) is 29.1 Å². The molecule has 4 aliphatic rings. The molecule has 0 amide bonds. The van der Waals surface area contributed by atoms with Crippen LogP contribution in [0.3, 0.4) is 0 Å². The van der Waals surface area contributed by atoms with Gasteiger partial charge in [-0.15, -0.1) is 0 Å². The van der Waals surface area contributed by atoms with Crippen molar-refractivity contribution in [2.24, 2.45) is 46.3 Å². The van der Waals surface area contributed by atoms with Gasteiger partial charge in [-0.3, -0.25) is 4.79 Å². The quantitative estimate of drug-likeness (QED) is 0.733. The molecule has 4 aliphatic carbocycles. The van der Waals surface area contributed by atoms with Gasteiger partial charge < -0.3 is 10.2 Å². The van der Waals surface area contributed by atoms with Gasteiger partial charge in [0.05, 0.1) is 6.10 Å². The number of aliphatic hydroxyl groups is 1.